The van der Waals surface area contributed by atoms with Gasteiger partial charge in [-0.1, -0.05) is 6.07 Å². The SMILES string of the molecule is Cc1nc2cccc(NC(=S)Nc3cc(S(N)(=O)=O)ccc3OC(F)(F)F)c2n1C. The monoisotopic (exact) mass is 459 g/mol. The molecule has 0 saturated carbocycles. The van der Waals surface area contributed by atoms with Crippen LogP contribution in [0.1, 0.15) is 5.82 Å². The predicted molar refractivity (Wildman–Crippen MR) is 110 cm³/mol. The number of imidazole rings is 1. The molecule has 3 rings (SSSR count). The number of para-hydroxylation sites is 1. The Bertz CT molecular complexity index is 1240. The van der Waals surface area contributed by atoms with E-state index >= 15 is 0 Å². The van der Waals surface area contributed by atoms with E-state index in [1.54, 1.807) is 25.2 Å². The van der Waals surface area contributed by atoms with Gasteiger partial charge in [-0.25, -0.2) is 18.5 Å². The molecule has 1 heterocycles. The van der Waals surface area contributed by atoms with E-state index in [4.69, 9.17) is 17.4 Å². The van der Waals surface area contributed by atoms with Crippen molar-refractivity contribution in [2.75, 3.05) is 10.6 Å². The number of benzene rings is 2. The number of hydrogen-bond donors (Lipinski definition) is 3. The van der Waals surface area contributed by atoms with Crippen LogP contribution < -0.4 is 20.5 Å². The third kappa shape index (κ3) is 4.80. The summed E-state index contributed by atoms with van der Waals surface area (Å²) in [4.78, 5) is 3.98. The van der Waals surface area contributed by atoms with Crippen molar-refractivity contribution < 1.29 is 26.3 Å². The minimum atomic E-state index is -4.99. The lowest BCUT2D eigenvalue weighted by atomic mass is 10.2. The summed E-state index contributed by atoms with van der Waals surface area (Å²) in [6.45, 7) is 1.82. The number of hydrogen-bond acceptors (Lipinski definition) is 5. The van der Waals surface area contributed by atoms with Crippen LogP contribution in [0.25, 0.3) is 11.0 Å². The number of nitrogens with two attached hydrogens (primary N) is 1. The highest BCUT2D eigenvalue weighted by Crippen LogP contribution is 2.32. The Morgan fingerprint density at radius 3 is 2.50 bits per heavy atom. The minimum Gasteiger partial charge on any atom is -0.404 e. The second kappa shape index (κ2) is 7.74. The van der Waals surface area contributed by atoms with Crippen LogP contribution in [0.5, 0.6) is 5.75 Å². The minimum absolute atomic E-state index is 0.0973. The molecule has 160 valence electrons. The molecule has 0 amide bonds. The molecule has 0 saturated heterocycles. The van der Waals surface area contributed by atoms with Crippen molar-refractivity contribution in [3.05, 3.63) is 42.2 Å². The van der Waals surface area contributed by atoms with Crippen LogP contribution in [0.15, 0.2) is 41.3 Å². The van der Waals surface area contributed by atoms with Gasteiger partial charge in [0.1, 0.15) is 5.82 Å². The number of aryl methyl sites for hydroxylation is 2. The van der Waals surface area contributed by atoms with Crippen LogP contribution in [-0.2, 0) is 17.1 Å². The Labute approximate surface area is 174 Å². The molecule has 0 radical (unpaired) electrons. The van der Waals surface area contributed by atoms with Crippen molar-refractivity contribution in [2.24, 2.45) is 12.2 Å². The molecular weight excluding hydrogens is 443 g/mol. The van der Waals surface area contributed by atoms with E-state index in [0.717, 1.165) is 29.5 Å². The second-order valence-corrected chi connectivity index (χ2v) is 8.19. The van der Waals surface area contributed by atoms with Crippen LogP contribution in [-0.4, -0.2) is 29.4 Å². The van der Waals surface area contributed by atoms with Gasteiger partial charge in [0.25, 0.3) is 0 Å². The zero-order chi connectivity index (χ0) is 22.3. The third-order valence-corrected chi connectivity index (χ3v) is 5.23. The molecule has 8 nitrogen and oxygen atoms in total. The molecule has 0 aliphatic rings. The van der Waals surface area contributed by atoms with Crippen LogP contribution in [0.2, 0.25) is 0 Å². The van der Waals surface area contributed by atoms with Gasteiger partial charge < -0.3 is 19.9 Å². The van der Waals surface area contributed by atoms with Crippen LogP contribution in [0.3, 0.4) is 0 Å². The fourth-order valence-corrected chi connectivity index (χ4v) is 3.52. The van der Waals surface area contributed by atoms with Gasteiger partial charge in [-0.05, 0) is 49.5 Å². The summed E-state index contributed by atoms with van der Waals surface area (Å²) in [7, 11) is -2.36. The summed E-state index contributed by atoms with van der Waals surface area (Å²) < 4.78 is 67.0. The molecular formula is C17H16F3N5O3S2. The Morgan fingerprint density at radius 2 is 1.87 bits per heavy atom. The van der Waals surface area contributed by atoms with Crippen molar-refractivity contribution in [2.45, 2.75) is 18.2 Å². The first-order valence-corrected chi connectivity index (χ1v) is 10.2. The average Bonchev–Trinajstić information content (AvgIpc) is 2.89. The number of anilines is 2. The highest BCUT2D eigenvalue weighted by Gasteiger charge is 2.32. The molecule has 30 heavy (non-hydrogen) atoms. The van der Waals surface area contributed by atoms with Gasteiger partial charge in [0.2, 0.25) is 10.0 Å². The Kier molecular flexibility index (Phi) is 5.62. The smallest absolute Gasteiger partial charge is 0.404 e. The van der Waals surface area contributed by atoms with Gasteiger partial charge >= 0.3 is 6.36 Å². The highest BCUT2D eigenvalue weighted by atomic mass is 32.2. The number of alkyl halides is 3. The molecule has 2 aromatic carbocycles. The highest BCUT2D eigenvalue weighted by molar-refractivity contribution is 7.89. The number of nitrogens with zero attached hydrogens (tertiary/aromatic N) is 2. The van der Waals surface area contributed by atoms with Crippen LogP contribution in [0, 0.1) is 6.92 Å². The zero-order valence-electron chi connectivity index (χ0n) is 15.6. The standard InChI is InChI=1S/C17H16F3N5O3S2/c1-9-22-11-4-3-5-12(15(11)25(9)2)23-16(29)24-13-8-10(30(21,26)27)6-7-14(13)28-17(18,19)20/h3-8H,1-2H3,(H2,21,26,27)(H2,23,24,29). The topological polar surface area (TPSA) is 111 Å². The summed E-state index contributed by atoms with van der Waals surface area (Å²) in [5.41, 5.74) is 1.64. The maximum Gasteiger partial charge on any atom is 0.573 e. The number of ether oxygens (including phenoxy) is 1. The molecule has 1 aromatic heterocycles. The number of halogens is 3. The largest absolute Gasteiger partial charge is 0.573 e. The number of nitrogens with one attached hydrogen (secondary N) is 2. The van der Waals surface area contributed by atoms with E-state index < -0.39 is 27.0 Å². The molecule has 0 aliphatic carbocycles. The molecule has 0 fully saturated rings. The third-order valence-electron chi connectivity index (χ3n) is 4.12. The van der Waals surface area contributed by atoms with Crippen molar-refractivity contribution in [1.29, 1.82) is 0 Å². The van der Waals surface area contributed by atoms with Gasteiger partial charge in [0.05, 0.1) is 27.3 Å². The van der Waals surface area contributed by atoms with Crippen molar-refractivity contribution >= 4 is 49.8 Å². The van der Waals surface area contributed by atoms with E-state index in [1.165, 1.54) is 0 Å². The Balaban J connectivity index is 1.94. The number of aromatic nitrogens is 2. The molecule has 0 atom stereocenters. The van der Waals surface area contributed by atoms with Crippen molar-refractivity contribution in [3.8, 4) is 5.75 Å². The summed E-state index contributed by atoms with van der Waals surface area (Å²) >= 11 is 5.20. The Hall–Kier alpha value is -2.90. The quantitative estimate of drug-likeness (QED) is 0.514. The maximum atomic E-state index is 12.7. The predicted octanol–water partition coefficient (Wildman–Crippen LogP) is 3.24. The first-order valence-electron chi connectivity index (χ1n) is 8.28. The van der Waals surface area contributed by atoms with Gasteiger partial charge in [-0.15, -0.1) is 13.2 Å². The normalized spacial score (nSPS) is 12.1. The lowest BCUT2D eigenvalue weighted by Crippen LogP contribution is -2.23. The van der Waals surface area contributed by atoms with E-state index in [2.05, 4.69) is 20.4 Å². The number of fused-ring (bicyclic) bond motifs is 1. The second-order valence-electron chi connectivity index (χ2n) is 6.22. The molecule has 13 heteroatoms. The lowest BCUT2D eigenvalue weighted by molar-refractivity contribution is -0.274. The summed E-state index contributed by atoms with van der Waals surface area (Å²) in [5.74, 6) is 0.0773. The van der Waals surface area contributed by atoms with E-state index in [1.807, 2.05) is 11.5 Å². The Morgan fingerprint density at radius 1 is 1.20 bits per heavy atom. The average molecular weight is 459 g/mol. The van der Waals surface area contributed by atoms with Gasteiger partial charge in [0.15, 0.2) is 10.9 Å². The van der Waals surface area contributed by atoms with Gasteiger partial charge in [-0.2, -0.15) is 0 Å². The summed E-state index contributed by atoms with van der Waals surface area (Å²) in [6.07, 6.45) is -4.99. The molecule has 0 bridgehead atoms. The van der Waals surface area contributed by atoms with Crippen LogP contribution in [0.4, 0.5) is 24.5 Å². The van der Waals surface area contributed by atoms with Gasteiger partial charge in [-0.3, -0.25) is 0 Å². The zero-order valence-corrected chi connectivity index (χ0v) is 17.2. The van der Waals surface area contributed by atoms with Crippen molar-refractivity contribution in [3.63, 3.8) is 0 Å². The van der Waals surface area contributed by atoms with Crippen LogP contribution >= 0.6 is 12.2 Å². The first-order chi connectivity index (χ1) is 13.8. The molecule has 0 aliphatic heterocycles. The number of rotatable bonds is 4. The van der Waals surface area contributed by atoms with Crippen molar-refractivity contribution in [1.82, 2.24) is 9.55 Å². The number of sulfonamides is 1. The molecule has 3 aromatic rings. The van der Waals surface area contributed by atoms with E-state index in [0.29, 0.717) is 11.2 Å². The van der Waals surface area contributed by atoms with Gasteiger partial charge in [0, 0.05) is 7.05 Å². The van der Waals surface area contributed by atoms with E-state index in [9.17, 15) is 21.6 Å². The maximum absolute atomic E-state index is 12.7. The fourth-order valence-electron chi connectivity index (χ4n) is 2.76. The number of primary sulfonamides is 1. The molecule has 0 spiro atoms. The molecule has 4 N–H and O–H groups in total. The lowest BCUT2D eigenvalue weighted by Gasteiger charge is -2.17. The molecule has 0 unspecified atom stereocenters. The first kappa shape index (κ1) is 21.8. The summed E-state index contributed by atoms with van der Waals surface area (Å²) in [6, 6.07) is 7.89. The fraction of sp³-hybridized carbons (Fsp3) is 0.176. The summed E-state index contributed by atoms with van der Waals surface area (Å²) in [5, 5.41) is 10.4. The number of thiocarbonyl (C=S) groups is 1. The van der Waals surface area contributed by atoms with E-state index in [-0.39, 0.29) is 10.8 Å².